The molecule has 1 aromatic rings. The van der Waals surface area contributed by atoms with E-state index in [0.717, 1.165) is 43.2 Å². The summed E-state index contributed by atoms with van der Waals surface area (Å²) in [6.07, 6.45) is 0.273. The van der Waals surface area contributed by atoms with E-state index in [-0.39, 0.29) is 24.8 Å². The van der Waals surface area contributed by atoms with Crippen LogP contribution >= 0.6 is 0 Å². The molecule has 3 aliphatic heterocycles. The molecule has 9 nitrogen and oxygen atoms in total. The molecule has 0 bridgehead atoms. The number of benzene rings is 1. The molecule has 30 heavy (non-hydrogen) atoms. The summed E-state index contributed by atoms with van der Waals surface area (Å²) in [7, 11) is 0. The number of hydrogen-bond donors (Lipinski definition) is 2. The van der Waals surface area contributed by atoms with E-state index < -0.39 is 23.8 Å². The molecule has 2 saturated heterocycles. The second-order valence-corrected chi connectivity index (χ2v) is 8.34. The van der Waals surface area contributed by atoms with Gasteiger partial charge in [-0.05, 0) is 25.0 Å². The van der Waals surface area contributed by atoms with E-state index in [1.165, 1.54) is 0 Å². The molecule has 9 heteroatoms. The highest BCUT2D eigenvalue weighted by Gasteiger charge is 2.45. The minimum absolute atomic E-state index is 0.113. The van der Waals surface area contributed by atoms with Crippen LogP contribution in [0.25, 0.3) is 0 Å². The van der Waals surface area contributed by atoms with Crippen molar-refractivity contribution >= 4 is 23.6 Å². The van der Waals surface area contributed by atoms with E-state index in [4.69, 9.17) is 5.73 Å². The predicted octanol–water partition coefficient (Wildman–Crippen LogP) is -0.447. The number of amides is 4. The van der Waals surface area contributed by atoms with Crippen molar-refractivity contribution in [3.05, 3.63) is 34.9 Å². The topological polar surface area (TPSA) is 116 Å². The number of nitrogens with one attached hydrogen (secondary N) is 1. The Kier molecular flexibility index (Phi) is 5.68. The number of imide groups is 2. The first-order valence-corrected chi connectivity index (χ1v) is 10.4. The molecule has 0 radical (unpaired) electrons. The van der Waals surface area contributed by atoms with E-state index >= 15 is 0 Å². The molecule has 3 N–H and O–H groups in total. The van der Waals surface area contributed by atoms with Gasteiger partial charge in [0, 0.05) is 51.7 Å². The number of piperidine rings is 1. The molecular formula is C21H27N5O4. The van der Waals surface area contributed by atoms with Crippen LogP contribution in [0.1, 0.15) is 46.0 Å². The standard InChI is InChI=1S/C21H27N5O4/c1-13(22)11-24-7-9-25(10-8-24)12-14-3-2-4-15-18(14)21(30)26(20(15)29)16-5-6-17(27)23-19(16)28/h2-4,13,16H,5-12,22H2,1H3,(H,23,27,28)/t13-,16?/m1/s1. The van der Waals surface area contributed by atoms with Crippen LogP contribution < -0.4 is 11.1 Å². The number of hydrogen-bond acceptors (Lipinski definition) is 7. The summed E-state index contributed by atoms with van der Waals surface area (Å²) in [5.74, 6) is -1.88. The third kappa shape index (κ3) is 3.88. The lowest BCUT2D eigenvalue weighted by Crippen LogP contribution is -2.54. The van der Waals surface area contributed by atoms with Crippen LogP contribution in [0.3, 0.4) is 0 Å². The Morgan fingerprint density at radius 3 is 2.43 bits per heavy atom. The van der Waals surface area contributed by atoms with Gasteiger partial charge in [-0.3, -0.25) is 39.2 Å². The maximum Gasteiger partial charge on any atom is 0.262 e. The fourth-order valence-corrected chi connectivity index (χ4v) is 4.49. The Balaban J connectivity index is 1.50. The number of piperazine rings is 1. The number of rotatable bonds is 5. The Bertz CT molecular complexity index is 891. The van der Waals surface area contributed by atoms with Gasteiger partial charge in [-0.15, -0.1) is 0 Å². The quantitative estimate of drug-likeness (QED) is 0.628. The summed E-state index contributed by atoms with van der Waals surface area (Å²) in [5.41, 5.74) is 7.39. The first-order chi connectivity index (χ1) is 14.3. The van der Waals surface area contributed by atoms with Gasteiger partial charge >= 0.3 is 0 Å². The minimum atomic E-state index is -0.940. The number of carbonyl (C=O) groups is 4. The fraction of sp³-hybridized carbons (Fsp3) is 0.524. The molecular weight excluding hydrogens is 386 g/mol. The van der Waals surface area contributed by atoms with E-state index in [9.17, 15) is 19.2 Å². The van der Waals surface area contributed by atoms with Gasteiger partial charge < -0.3 is 5.73 Å². The lowest BCUT2D eigenvalue weighted by atomic mass is 10.0. The average molecular weight is 413 g/mol. The maximum atomic E-state index is 13.2. The molecule has 4 rings (SSSR count). The zero-order chi connectivity index (χ0) is 21.4. The Morgan fingerprint density at radius 1 is 1.07 bits per heavy atom. The molecule has 4 amide bonds. The highest BCUT2D eigenvalue weighted by molar-refractivity contribution is 6.24. The van der Waals surface area contributed by atoms with Crippen LogP contribution in [0.15, 0.2) is 18.2 Å². The molecule has 0 spiro atoms. The molecule has 0 aromatic heterocycles. The normalized spacial score (nSPS) is 24.2. The minimum Gasteiger partial charge on any atom is -0.327 e. The van der Waals surface area contributed by atoms with Crippen LogP contribution in [0.2, 0.25) is 0 Å². The summed E-state index contributed by atoms with van der Waals surface area (Å²) in [6.45, 7) is 6.96. The third-order valence-corrected chi connectivity index (χ3v) is 5.96. The monoisotopic (exact) mass is 413 g/mol. The van der Waals surface area contributed by atoms with Crippen molar-refractivity contribution < 1.29 is 19.2 Å². The smallest absolute Gasteiger partial charge is 0.262 e. The van der Waals surface area contributed by atoms with E-state index in [2.05, 4.69) is 15.1 Å². The molecule has 160 valence electrons. The van der Waals surface area contributed by atoms with Crippen LogP contribution in [0.4, 0.5) is 0 Å². The van der Waals surface area contributed by atoms with Crippen LogP contribution in [-0.2, 0) is 16.1 Å². The summed E-state index contributed by atoms with van der Waals surface area (Å²) < 4.78 is 0. The Morgan fingerprint density at radius 2 is 1.77 bits per heavy atom. The van der Waals surface area contributed by atoms with Gasteiger partial charge in [0.15, 0.2) is 0 Å². The SMILES string of the molecule is C[C@@H](N)CN1CCN(Cc2cccc3c2C(=O)N(C2CCC(=O)NC2=O)C3=O)CC1. The Hall–Kier alpha value is -2.62. The molecule has 1 unspecified atom stereocenters. The van der Waals surface area contributed by atoms with E-state index in [0.29, 0.717) is 17.7 Å². The second kappa shape index (κ2) is 8.25. The fourth-order valence-electron chi connectivity index (χ4n) is 4.49. The van der Waals surface area contributed by atoms with Crippen LogP contribution in [-0.4, -0.2) is 83.1 Å². The first kappa shape index (κ1) is 20.6. The highest BCUT2D eigenvalue weighted by Crippen LogP contribution is 2.30. The first-order valence-electron chi connectivity index (χ1n) is 10.4. The maximum absolute atomic E-state index is 13.2. The number of nitrogens with two attached hydrogens (primary N) is 1. The van der Waals surface area contributed by atoms with Gasteiger partial charge in [0.05, 0.1) is 11.1 Å². The van der Waals surface area contributed by atoms with Crippen molar-refractivity contribution in [1.29, 1.82) is 0 Å². The summed E-state index contributed by atoms with van der Waals surface area (Å²) in [4.78, 5) is 55.4. The second-order valence-electron chi connectivity index (χ2n) is 8.34. The molecule has 0 saturated carbocycles. The molecule has 0 aliphatic carbocycles. The number of carbonyl (C=O) groups excluding carboxylic acids is 4. The van der Waals surface area contributed by atoms with E-state index in [1.54, 1.807) is 12.1 Å². The summed E-state index contributed by atoms with van der Waals surface area (Å²) in [5, 5.41) is 2.23. The third-order valence-electron chi connectivity index (χ3n) is 5.96. The summed E-state index contributed by atoms with van der Waals surface area (Å²) in [6, 6.07) is 4.47. The molecule has 1 aromatic carbocycles. The van der Waals surface area contributed by atoms with Gasteiger partial charge in [0.1, 0.15) is 6.04 Å². The number of fused-ring (bicyclic) bond motifs is 1. The number of nitrogens with zero attached hydrogens (tertiary/aromatic N) is 3. The molecule has 2 fully saturated rings. The van der Waals surface area contributed by atoms with Crippen LogP contribution in [0.5, 0.6) is 0 Å². The van der Waals surface area contributed by atoms with Crippen molar-refractivity contribution in [3.63, 3.8) is 0 Å². The van der Waals surface area contributed by atoms with E-state index in [1.807, 2.05) is 13.0 Å². The summed E-state index contributed by atoms with van der Waals surface area (Å²) >= 11 is 0. The average Bonchev–Trinajstić information content (AvgIpc) is 2.95. The zero-order valence-electron chi connectivity index (χ0n) is 17.1. The van der Waals surface area contributed by atoms with Crippen molar-refractivity contribution in [3.8, 4) is 0 Å². The molecule has 3 heterocycles. The largest absolute Gasteiger partial charge is 0.327 e. The predicted molar refractivity (Wildman–Crippen MR) is 108 cm³/mol. The Labute approximate surface area is 175 Å². The zero-order valence-corrected chi connectivity index (χ0v) is 17.1. The van der Waals surface area contributed by atoms with Gasteiger partial charge in [0.25, 0.3) is 11.8 Å². The van der Waals surface area contributed by atoms with Gasteiger partial charge in [-0.2, -0.15) is 0 Å². The highest BCUT2D eigenvalue weighted by atomic mass is 16.2. The van der Waals surface area contributed by atoms with Crippen molar-refractivity contribution in [2.75, 3.05) is 32.7 Å². The van der Waals surface area contributed by atoms with Crippen LogP contribution in [0, 0.1) is 0 Å². The van der Waals surface area contributed by atoms with Gasteiger partial charge in [-0.1, -0.05) is 12.1 Å². The van der Waals surface area contributed by atoms with Crippen molar-refractivity contribution in [2.24, 2.45) is 5.73 Å². The van der Waals surface area contributed by atoms with Crippen molar-refractivity contribution in [1.82, 2.24) is 20.0 Å². The lowest BCUT2D eigenvalue weighted by Gasteiger charge is -2.35. The van der Waals surface area contributed by atoms with Gasteiger partial charge in [0.2, 0.25) is 11.8 Å². The van der Waals surface area contributed by atoms with Gasteiger partial charge in [-0.25, -0.2) is 0 Å². The lowest BCUT2D eigenvalue weighted by molar-refractivity contribution is -0.136. The molecule has 3 aliphatic rings. The van der Waals surface area contributed by atoms with Crippen molar-refractivity contribution in [2.45, 2.75) is 38.4 Å². The molecule has 2 atom stereocenters.